The largest absolute Gasteiger partial charge is 0.374 e. The number of nitrogens with zero attached hydrogens (tertiary/aromatic N) is 1. The Morgan fingerprint density at radius 3 is 2.56 bits per heavy atom. The van der Waals surface area contributed by atoms with Crippen LogP contribution in [0.5, 0.6) is 0 Å². The van der Waals surface area contributed by atoms with Crippen molar-refractivity contribution in [3.8, 4) is 0 Å². The second-order valence-corrected chi connectivity index (χ2v) is 10.8. The number of benzene rings is 2. The minimum Gasteiger partial charge on any atom is -0.374 e. The summed E-state index contributed by atoms with van der Waals surface area (Å²) < 4.78 is 31.2. The minimum atomic E-state index is -3.45. The molecule has 1 aliphatic heterocycles. The van der Waals surface area contributed by atoms with E-state index >= 15 is 0 Å². The number of anilines is 1. The van der Waals surface area contributed by atoms with E-state index in [2.05, 4.69) is 22.8 Å². The molecule has 7 nitrogen and oxygen atoms in total. The number of nitrogens with one attached hydrogen (secondary N) is 2. The number of hydrogen-bond donors (Lipinski definition) is 2. The van der Waals surface area contributed by atoms with Crippen molar-refractivity contribution in [1.29, 1.82) is 0 Å². The predicted molar refractivity (Wildman–Crippen MR) is 125 cm³/mol. The Balaban J connectivity index is 1.51. The Bertz CT molecular complexity index is 1050. The van der Waals surface area contributed by atoms with Gasteiger partial charge in [-0.25, -0.2) is 8.42 Å². The van der Waals surface area contributed by atoms with Gasteiger partial charge in [0.1, 0.15) is 0 Å². The first-order valence-electron chi connectivity index (χ1n) is 11.1. The molecule has 4 rings (SSSR count). The first kappa shape index (κ1) is 22.8. The SMILES string of the molecule is CN(c1cc(COC2CC2)cc(C(=O)N[C@@H]2CCN[C@H]2Cc2ccccc2)c1)S(C)(=O)=O. The van der Waals surface area contributed by atoms with Gasteiger partial charge in [-0.2, -0.15) is 0 Å². The molecule has 172 valence electrons. The van der Waals surface area contributed by atoms with Crippen LogP contribution < -0.4 is 14.9 Å². The maximum atomic E-state index is 13.2. The minimum absolute atomic E-state index is 0.00478. The van der Waals surface area contributed by atoms with E-state index < -0.39 is 10.0 Å². The molecule has 0 spiro atoms. The lowest BCUT2D eigenvalue weighted by Crippen LogP contribution is -2.44. The highest BCUT2D eigenvalue weighted by Crippen LogP contribution is 2.27. The van der Waals surface area contributed by atoms with Crippen molar-refractivity contribution < 1.29 is 17.9 Å². The zero-order valence-electron chi connectivity index (χ0n) is 18.6. The smallest absolute Gasteiger partial charge is 0.251 e. The third-order valence-corrected chi connectivity index (χ3v) is 7.28. The van der Waals surface area contributed by atoms with Crippen molar-refractivity contribution in [1.82, 2.24) is 10.6 Å². The summed E-state index contributed by atoms with van der Waals surface area (Å²) in [5.41, 5.74) is 2.92. The van der Waals surface area contributed by atoms with Crippen LogP contribution in [0.1, 0.15) is 40.7 Å². The number of carbonyl (C=O) groups is 1. The summed E-state index contributed by atoms with van der Waals surface area (Å²) in [4.78, 5) is 13.2. The highest BCUT2D eigenvalue weighted by molar-refractivity contribution is 7.92. The summed E-state index contributed by atoms with van der Waals surface area (Å²) in [6, 6.07) is 15.6. The van der Waals surface area contributed by atoms with Crippen molar-refractivity contribution in [3.63, 3.8) is 0 Å². The van der Waals surface area contributed by atoms with E-state index in [0.717, 1.165) is 44.0 Å². The number of carbonyl (C=O) groups excluding carboxylic acids is 1. The lowest BCUT2D eigenvalue weighted by atomic mass is 10.00. The Kier molecular flexibility index (Phi) is 6.83. The van der Waals surface area contributed by atoms with Gasteiger partial charge >= 0.3 is 0 Å². The Morgan fingerprint density at radius 2 is 1.88 bits per heavy atom. The molecule has 0 bridgehead atoms. The van der Waals surface area contributed by atoms with Gasteiger partial charge in [0.25, 0.3) is 5.91 Å². The molecule has 2 fully saturated rings. The standard InChI is InChI=1S/C24H31N3O4S/c1-27(32(2,29)30)20-13-18(16-31-21-8-9-21)12-19(15-20)24(28)26-22-10-11-25-23(22)14-17-6-4-3-5-7-17/h3-7,12-13,15,21-23,25H,8-11,14,16H2,1-2H3,(H,26,28)/t22-,23+/m1/s1. The van der Waals surface area contributed by atoms with E-state index in [4.69, 9.17) is 4.74 Å². The van der Waals surface area contributed by atoms with Gasteiger partial charge in [-0.1, -0.05) is 30.3 Å². The average Bonchev–Trinajstić information content (AvgIpc) is 3.51. The van der Waals surface area contributed by atoms with Gasteiger partial charge < -0.3 is 15.4 Å². The van der Waals surface area contributed by atoms with Crippen molar-refractivity contribution in [3.05, 3.63) is 65.2 Å². The van der Waals surface area contributed by atoms with E-state index in [0.29, 0.717) is 17.9 Å². The van der Waals surface area contributed by atoms with Gasteiger partial charge in [-0.15, -0.1) is 0 Å². The van der Waals surface area contributed by atoms with E-state index in [-0.39, 0.29) is 24.1 Å². The van der Waals surface area contributed by atoms with E-state index in [1.165, 1.54) is 16.9 Å². The molecule has 0 unspecified atom stereocenters. The molecule has 0 aromatic heterocycles. The topological polar surface area (TPSA) is 87.7 Å². The second kappa shape index (κ2) is 9.60. The van der Waals surface area contributed by atoms with Gasteiger partial charge in [0.2, 0.25) is 10.0 Å². The molecule has 32 heavy (non-hydrogen) atoms. The monoisotopic (exact) mass is 457 g/mol. The molecular weight excluding hydrogens is 426 g/mol. The second-order valence-electron chi connectivity index (χ2n) is 8.75. The summed E-state index contributed by atoms with van der Waals surface area (Å²) in [7, 11) is -1.95. The van der Waals surface area contributed by atoms with Gasteiger partial charge in [0, 0.05) is 24.7 Å². The molecule has 1 amide bonds. The average molecular weight is 458 g/mol. The fourth-order valence-corrected chi connectivity index (χ4v) is 4.47. The summed E-state index contributed by atoms with van der Waals surface area (Å²) >= 11 is 0. The quantitative estimate of drug-likeness (QED) is 0.604. The molecule has 2 N–H and O–H groups in total. The number of sulfonamides is 1. The molecule has 2 aliphatic rings. The van der Waals surface area contributed by atoms with Gasteiger partial charge in [-0.3, -0.25) is 9.10 Å². The molecule has 2 aromatic rings. The van der Waals surface area contributed by atoms with Crippen LogP contribution in [-0.2, 0) is 27.8 Å². The molecule has 2 atom stereocenters. The van der Waals surface area contributed by atoms with Crippen LogP contribution >= 0.6 is 0 Å². The first-order chi connectivity index (χ1) is 15.3. The van der Waals surface area contributed by atoms with E-state index in [1.54, 1.807) is 18.2 Å². The fraction of sp³-hybridized carbons (Fsp3) is 0.458. The normalized spacial score (nSPS) is 20.8. The van der Waals surface area contributed by atoms with Crippen molar-refractivity contribution >= 4 is 21.6 Å². The summed E-state index contributed by atoms with van der Waals surface area (Å²) in [5, 5.41) is 6.65. The van der Waals surface area contributed by atoms with Crippen LogP contribution in [0.25, 0.3) is 0 Å². The molecule has 1 saturated carbocycles. The highest BCUT2D eigenvalue weighted by Gasteiger charge is 2.29. The maximum Gasteiger partial charge on any atom is 0.251 e. The van der Waals surface area contributed by atoms with Gasteiger partial charge in [-0.05, 0) is 61.6 Å². The van der Waals surface area contributed by atoms with Crippen molar-refractivity contribution in [2.24, 2.45) is 0 Å². The van der Waals surface area contributed by atoms with Crippen LogP contribution in [0, 0.1) is 0 Å². The molecular formula is C24H31N3O4S. The highest BCUT2D eigenvalue weighted by atomic mass is 32.2. The Hall–Kier alpha value is -2.42. The lowest BCUT2D eigenvalue weighted by Gasteiger charge is -2.22. The Morgan fingerprint density at radius 1 is 1.12 bits per heavy atom. The van der Waals surface area contributed by atoms with Crippen LogP contribution in [-0.4, -0.2) is 52.4 Å². The van der Waals surface area contributed by atoms with Crippen molar-refractivity contribution in [2.45, 2.75) is 50.5 Å². The van der Waals surface area contributed by atoms with Gasteiger partial charge in [0.15, 0.2) is 0 Å². The molecule has 1 heterocycles. The third kappa shape index (κ3) is 5.88. The van der Waals surface area contributed by atoms with E-state index in [1.807, 2.05) is 18.2 Å². The molecule has 2 aromatic carbocycles. The molecule has 1 saturated heterocycles. The Labute approximate surface area is 190 Å². The predicted octanol–water partition coefficient (Wildman–Crippen LogP) is 2.46. The summed E-state index contributed by atoms with van der Waals surface area (Å²) in [6.07, 6.45) is 5.21. The summed E-state index contributed by atoms with van der Waals surface area (Å²) in [6.45, 7) is 1.21. The maximum absolute atomic E-state index is 13.2. The van der Waals surface area contributed by atoms with Crippen LogP contribution in [0.4, 0.5) is 5.69 Å². The third-order valence-electron chi connectivity index (χ3n) is 6.07. The van der Waals surface area contributed by atoms with Gasteiger partial charge in [0.05, 0.1) is 24.7 Å². The number of ether oxygens (including phenoxy) is 1. The van der Waals surface area contributed by atoms with Crippen LogP contribution in [0.15, 0.2) is 48.5 Å². The zero-order chi connectivity index (χ0) is 22.7. The van der Waals surface area contributed by atoms with E-state index in [9.17, 15) is 13.2 Å². The zero-order valence-corrected chi connectivity index (χ0v) is 19.4. The molecule has 8 heteroatoms. The number of amides is 1. The first-order valence-corrected chi connectivity index (χ1v) is 12.9. The number of hydrogen-bond acceptors (Lipinski definition) is 5. The fourth-order valence-electron chi connectivity index (χ4n) is 3.99. The van der Waals surface area contributed by atoms with Crippen molar-refractivity contribution in [2.75, 3.05) is 24.2 Å². The molecule has 0 radical (unpaired) electrons. The van der Waals surface area contributed by atoms with Crippen LogP contribution in [0.2, 0.25) is 0 Å². The van der Waals surface area contributed by atoms with Crippen LogP contribution in [0.3, 0.4) is 0 Å². The number of rotatable bonds is 9. The summed E-state index contributed by atoms with van der Waals surface area (Å²) in [5.74, 6) is -0.201. The lowest BCUT2D eigenvalue weighted by molar-refractivity contribution is 0.0932. The molecule has 1 aliphatic carbocycles.